The number of benzene rings is 4. The molecule has 2 heterocycles. The van der Waals surface area contributed by atoms with Crippen molar-refractivity contribution in [3.05, 3.63) is 134 Å². The van der Waals surface area contributed by atoms with Gasteiger partial charge in [-0.05, 0) is 91.9 Å². The van der Waals surface area contributed by atoms with Crippen LogP contribution in [0.5, 0.6) is 11.5 Å². The molecule has 2 N–H and O–H groups in total. The summed E-state index contributed by atoms with van der Waals surface area (Å²) in [4.78, 5) is 19.0. The lowest BCUT2D eigenvalue weighted by atomic mass is 9.94. The van der Waals surface area contributed by atoms with E-state index in [9.17, 15) is 4.79 Å². The number of fused-ring (bicyclic) bond motifs is 1. The van der Waals surface area contributed by atoms with Crippen molar-refractivity contribution in [2.75, 3.05) is 17.2 Å². The molecule has 1 aliphatic heterocycles. The number of aryl methyl sites for hydroxylation is 1. The summed E-state index contributed by atoms with van der Waals surface area (Å²) in [5.74, 6) is 2.07. The summed E-state index contributed by atoms with van der Waals surface area (Å²) in [6, 6.07) is 26.8. The molecule has 0 saturated carbocycles. The first-order valence-electron chi connectivity index (χ1n) is 15.5. The fraction of sp³-hybridized carbons (Fsp3) is 0.216. The molecule has 0 bridgehead atoms. The zero-order valence-electron chi connectivity index (χ0n) is 27.0. The Hall–Kier alpha value is -4.25. The van der Waals surface area contributed by atoms with Crippen molar-refractivity contribution in [2.45, 2.75) is 51.3 Å². The van der Waals surface area contributed by atoms with E-state index in [1.165, 1.54) is 11.8 Å². The molecule has 246 valence electrons. The highest BCUT2D eigenvalue weighted by Crippen LogP contribution is 2.41. The van der Waals surface area contributed by atoms with Gasteiger partial charge in [0.05, 0.1) is 12.2 Å². The molecule has 1 unspecified atom stereocenters. The van der Waals surface area contributed by atoms with Crippen LogP contribution in [0.25, 0.3) is 0 Å². The van der Waals surface area contributed by atoms with E-state index in [-0.39, 0.29) is 5.91 Å². The average molecular weight is 745 g/mol. The van der Waals surface area contributed by atoms with E-state index >= 15 is 0 Å². The van der Waals surface area contributed by atoms with Crippen LogP contribution in [0.3, 0.4) is 0 Å². The Kier molecular flexibility index (Phi) is 10.4. The number of hydrogen-bond donors (Lipinski definition) is 2. The number of amides is 1. The van der Waals surface area contributed by atoms with Crippen LogP contribution >= 0.6 is 39.3 Å². The van der Waals surface area contributed by atoms with Gasteiger partial charge in [0.2, 0.25) is 11.1 Å². The number of ether oxygens (including phenoxy) is 2. The predicted molar refractivity (Wildman–Crippen MR) is 196 cm³/mol. The molecule has 0 aliphatic carbocycles. The topological polar surface area (TPSA) is 90.3 Å². The van der Waals surface area contributed by atoms with Gasteiger partial charge in [-0.1, -0.05) is 87.8 Å². The highest BCUT2D eigenvalue weighted by atomic mass is 79.9. The quantitative estimate of drug-likeness (QED) is 0.130. The molecule has 11 heteroatoms. The van der Waals surface area contributed by atoms with Crippen molar-refractivity contribution < 1.29 is 14.3 Å². The molecule has 48 heavy (non-hydrogen) atoms. The summed E-state index contributed by atoms with van der Waals surface area (Å²) in [5, 5.41) is 12.7. The Morgan fingerprint density at radius 2 is 1.81 bits per heavy atom. The van der Waals surface area contributed by atoms with Gasteiger partial charge in [0.15, 0.2) is 11.5 Å². The van der Waals surface area contributed by atoms with E-state index in [4.69, 9.17) is 31.2 Å². The van der Waals surface area contributed by atoms with E-state index in [1.54, 1.807) is 4.68 Å². The van der Waals surface area contributed by atoms with Gasteiger partial charge in [-0.25, -0.2) is 4.68 Å². The van der Waals surface area contributed by atoms with Crippen LogP contribution in [-0.4, -0.2) is 27.3 Å². The van der Waals surface area contributed by atoms with Crippen LogP contribution in [0.2, 0.25) is 5.02 Å². The number of rotatable bonds is 11. The number of halogens is 2. The Bertz CT molecular complexity index is 2010. The van der Waals surface area contributed by atoms with Crippen molar-refractivity contribution >= 4 is 56.8 Å². The fourth-order valence-electron chi connectivity index (χ4n) is 5.50. The number of anilines is 2. The third kappa shape index (κ3) is 7.41. The molecule has 6 rings (SSSR count). The third-order valence-electron chi connectivity index (χ3n) is 8.11. The maximum Gasteiger partial charge on any atom is 0.255 e. The second-order valence-corrected chi connectivity index (χ2v) is 13.6. The van der Waals surface area contributed by atoms with E-state index in [1.807, 2.05) is 113 Å². The number of thioether (sulfide) groups is 1. The summed E-state index contributed by atoms with van der Waals surface area (Å²) in [6.45, 7) is 8.66. The van der Waals surface area contributed by atoms with Crippen molar-refractivity contribution in [1.29, 1.82) is 0 Å². The predicted octanol–water partition coefficient (Wildman–Crippen LogP) is 9.51. The molecule has 1 aromatic heterocycles. The molecule has 1 amide bonds. The van der Waals surface area contributed by atoms with Crippen LogP contribution in [0, 0.1) is 13.8 Å². The van der Waals surface area contributed by atoms with Gasteiger partial charge in [0.1, 0.15) is 12.6 Å². The van der Waals surface area contributed by atoms with Gasteiger partial charge in [-0.3, -0.25) is 4.79 Å². The number of carbonyl (C=O) groups excluding carboxylic acids is 1. The molecular weight excluding hydrogens is 710 g/mol. The lowest BCUT2D eigenvalue weighted by Gasteiger charge is -2.29. The van der Waals surface area contributed by atoms with Gasteiger partial charge in [0.25, 0.3) is 5.91 Å². The summed E-state index contributed by atoms with van der Waals surface area (Å²) >= 11 is 11.4. The molecule has 0 fully saturated rings. The van der Waals surface area contributed by atoms with E-state index in [0.29, 0.717) is 57.9 Å². The smallest absolute Gasteiger partial charge is 0.255 e. The van der Waals surface area contributed by atoms with Gasteiger partial charge in [-0.15, -0.1) is 5.10 Å². The Morgan fingerprint density at radius 3 is 2.60 bits per heavy atom. The minimum atomic E-state index is -0.605. The van der Waals surface area contributed by atoms with Gasteiger partial charge in [-0.2, -0.15) is 4.98 Å². The normalized spacial score (nSPS) is 13.9. The summed E-state index contributed by atoms with van der Waals surface area (Å²) < 4.78 is 15.1. The lowest BCUT2D eigenvalue weighted by molar-refractivity contribution is -0.113. The second kappa shape index (κ2) is 14.9. The zero-order valence-corrected chi connectivity index (χ0v) is 30.2. The molecule has 0 radical (unpaired) electrons. The Balaban J connectivity index is 1.37. The number of carbonyl (C=O) groups is 1. The number of aromatic nitrogens is 3. The molecular formula is C37H35BrClN5O3S. The zero-order chi connectivity index (χ0) is 33.8. The van der Waals surface area contributed by atoms with Crippen LogP contribution in [-0.2, 0) is 17.2 Å². The van der Waals surface area contributed by atoms with E-state index < -0.39 is 6.04 Å². The highest BCUT2D eigenvalue weighted by molar-refractivity contribution is 9.10. The highest BCUT2D eigenvalue weighted by Gasteiger charge is 2.35. The molecule has 1 aliphatic rings. The fourth-order valence-corrected chi connectivity index (χ4v) is 7.06. The van der Waals surface area contributed by atoms with Crippen molar-refractivity contribution in [2.24, 2.45) is 0 Å². The minimum absolute atomic E-state index is 0.238. The summed E-state index contributed by atoms with van der Waals surface area (Å²) in [6.07, 6.45) is 0. The van der Waals surface area contributed by atoms with Crippen LogP contribution in [0.4, 0.5) is 11.6 Å². The lowest BCUT2D eigenvalue weighted by Crippen LogP contribution is -2.31. The molecule has 4 aromatic carbocycles. The third-order valence-corrected chi connectivity index (χ3v) is 9.86. The van der Waals surface area contributed by atoms with Gasteiger partial charge in [0, 0.05) is 26.6 Å². The molecule has 0 saturated heterocycles. The Morgan fingerprint density at radius 1 is 1.00 bits per heavy atom. The largest absolute Gasteiger partial charge is 0.490 e. The number of nitrogens with zero attached hydrogens (tertiary/aromatic N) is 3. The maximum atomic E-state index is 14.2. The Labute approximate surface area is 298 Å². The monoisotopic (exact) mass is 743 g/mol. The standard InChI is InChI=1S/C37H35BrClN5O3S/c1-5-46-32-19-26(16-17-31(32)47-20-25-11-9-13-28(38)18-25)34-33(35(45)41-30-15-8-10-22(2)23(30)3)24(4)40-36-42-37(43-44(34)36)48-21-27-12-6-7-14-29(27)39/h6-19,34H,5,20-21H2,1-4H3,(H,41,45)(H,40,42,43). The van der Waals surface area contributed by atoms with E-state index in [0.717, 1.165) is 38.0 Å². The van der Waals surface area contributed by atoms with Crippen molar-refractivity contribution in [3.8, 4) is 11.5 Å². The minimum Gasteiger partial charge on any atom is -0.490 e. The molecule has 5 aromatic rings. The molecule has 1 atom stereocenters. The first kappa shape index (κ1) is 33.6. The first-order valence-corrected chi connectivity index (χ1v) is 17.7. The maximum absolute atomic E-state index is 14.2. The number of nitrogens with one attached hydrogen (secondary N) is 2. The van der Waals surface area contributed by atoms with Crippen LogP contribution < -0.4 is 20.1 Å². The van der Waals surface area contributed by atoms with Crippen LogP contribution in [0.1, 0.15) is 47.7 Å². The van der Waals surface area contributed by atoms with E-state index in [2.05, 4.69) is 26.6 Å². The second-order valence-electron chi connectivity index (χ2n) is 11.4. The van der Waals surface area contributed by atoms with Gasteiger partial charge < -0.3 is 20.1 Å². The first-order chi connectivity index (χ1) is 23.2. The van der Waals surface area contributed by atoms with Crippen molar-refractivity contribution in [1.82, 2.24) is 14.8 Å². The summed E-state index contributed by atoms with van der Waals surface area (Å²) in [5.41, 5.74) is 6.86. The number of allylic oxidation sites excluding steroid dienone is 1. The average Bonchev–Trinajstić information content (AvgIpc) is 3.47. The molecule has 0 spiro atoms. The SMILES string of the molecule is CCOc1cc(C2C(C(=O)Nc3cccc(C)c3C)=C(C)Nc3nc(SCc4ccccc4Cl)nn32)ccc1OCc1cccc(Br)c1. The van der Waals surface area contributed by atoms with Crippen LogP contribution in [0.15, 0.2) is 106 Å². The van der Waals surface area contributed by atoms with Gasteiger partial charge >= 0.3 is 0 Å². The summed E-state index contributed by atoms with van der Waals surface area (Å²) in [7, 11) is 0. The van der Waals surface area contributed by atoms with Crippen molar-refractivity contribution in [3.63, 3.8) is 0 Å². The number of hydrogen-bond acceptors (Lipinski definition) is 7. The molecule has 8 nitrogen and oxygen atoms in total.